The van der Waals surface area contributed by atoms with Gasteiger partial charge in [0.05, 0.1) is 0 Å². The van der Waals surface area contributed by atoms with Crippen molar-refractivity contribution in [3.05, 3.63) is 24.3 Å². The highest BCUT2D eigenvalue weighted by molar-refractivity contribution is 5.94. The van der Waals surface area contributed by atoms with Crippen LogP contribution in [0.2, 0.25) is 0 Å². The Hall–Kier alpha value is -2.24. The monoisotopic (exact) mass is 302 g/mol. The Morgan fingerprint density at radius 3 is 2.50 bits per heavy atom. The lowest BCUT2D eigenvalue weighted by Gasteiger charge is -2.23. The number of nitrogens with one attached hydrogen (secondary N) is 3. The maximum absolute atomic E-state index is 12.0. The largest absolute Gasteiger partial charge is 0.336 e. The highest BCUT2D eigenvalue weighted by Crippen LogP contribution is 2.20. The zero-order valence-corrected chi connectivity index (χ0v) is 12.6. The molecule has 0 aromatic heterocycles. The average Bonchev–Trinajstić information content (AvgIpc) is 2.95. The van der Waals surface area contributed by atoms with Crippen LogP contribution in [-0.4, -0.2) is 31.2 Å². The second kappa shape index (κ2) is 6.68. The Bertz CT molecular complexity index is 538. The van der Waals surface area contributed by atoms with Crippen LogP contribution < -0.4 is 20.9 Å². The quantitative estimate of drug-likeness (QED) is 0.803. The summed E-state index contributed by atoms with van der Waals surface area (Å²) in [5, 5.41) is 8.64. The molecule has 1 aliphatic heterocycles. The van der Waals surface area contributed by atoms with Gasteiger partial charge in [0.15, 0.2) is 0 Å². The van der Waals surface area contributed by atoms with Crippen LogP contribution in [0.5, 0.6) is 0 Å². The number of amides is 4. The van der Waals surface area contributed by atoms with Crippen LogP contribution >= 0.6 is 0 Å². The molecule has 118 valence electrons. The highest BCUT2D eigenvalue weighted by Gasteiger charge is 2.21. The van der Waals surface area contributed by atoms with E-state index < -0.39 is 0 Å². The zero-order chi connectivity index (χ0) is 15.4. The van der Waals surface area contributed by atoms with Crippen molar-refractivity contribution in [1.29, 1.82) is 0 Å². The van der Waals surface area contributed by atoms with E-state index in [-0.39, 0.29) is 12.1 Å². The SMILES string of the molecule is O=C(Nc1ccc(N2CCNC2=O)cc1)NC1CCCCC1. The van der Waals surface area contributed by atoms with Crippen molar-refractivity contribution in [3.8, 4) is 0 Å². The second-order valence-electron chi connectivity index (χ2n) is 5.86. The molecule has 0 bridgehead atoms. The first-order chi connectivity index (χ1) is 10.7. The Morgan fingerprint density at radius 2 is 1.86 bits per heavy atom. The van der Waals surface area contributed by atoms with Crippen molar-refractivity contribution < 1.29 is 9.59 Å². The third-order valence-corrected chi connectivity index (χ3v) is 4.23. The molecule has 0 atom stereocenters. The summed E-state index contributed by atoms with van der Waals surface area (Å²) in [6.45, 7) is 1.34. The summed E-state index contributed by atoms with van der Waals surface area (Å²) in [5.74, 6) is 0. The van der Waals surface area contributed by atoms with E-state index in [1.54, 1.807) is 4.90 Å². The smallest absolute Gasteiger partial charge is 0.321 e. The Kier molecular flexibility index (Phi) is 4.46. The molecule has 6 nitrogen and oxygen atoms in total. The molecule has 1 aromatic carbocycles. The molecular formula is C16H22N4O2. The van der Waals surface area contributed by atoms with E-state index in [4.69, 9.17) is 0 Å². The van der Waals surface area contributed by atoms with Crippen molar-refractivity contribution in [2.45, 2.75) is 38.1 Å². The number of carbonyl (C=O) groups is 2. The Labute approximate surface area is 130 Å². The minimum absolute atomic E-state index is 0.0734. The van der Waals surface area contributed by atoms with E-state index in [1.165, 1.54) is 19.3 Å². The average molecular weight is 302 g/mol. The number of anilines is 2. The first-order valence-electron chi connectivity index (χ1n) is 7.95. The third kappa shape index (κ3) is 3.50. The number of hydrogen-bond acceptors (Lipinski definition) is 2. The molecule has 1 aliphatic carbocycles. The normalized spacial score (nSPS) is 18.9. The van der Waals surface area contributed by atoms with Crippen LogP contribution in [0.15, 0.2) is 24.3 Å². The van der Waals surface area contributed by atoms with Crippen molar-refractivity contribution in [2.24, 2.45) is 0 Å². The molecule has 1 aromatic rings. The molecule has 3 rings (SSSR count). The molecule has 4 amide bonds. The van der Waals surface area contributed by atoms with E-state index in [2.05, 4.69) is 16.0 Å². The van der Waals surface area contributed by atoms with Gasteiger partial charge in [0.2, 0.25) is 0 Å². The second-order valence-corrected chi connectivity index (χ2v) is 5.86. The maximum atomic E-state index is 12.0. The number of benzene rings is 1. The van der Waals surface area contributed by atoms with Crippen LogP contribution in [-0.2, 0) is 0 Å². The molecule has 22 heavy (non-hydrogen) atoms. The number of carbonyl (C=O) groups excluding carboxylic acids is 2. The maximum Gasteiger partial charge on any atom is 0.321 e. The number of hydrogen-bond donors (Lipinski definition) is 3. The zero-order valence-electron chi connectivity index (χ0n) is 12.6. The number of rotatable bonds is 3. The summed E-state index contributed by atoms with van der Waals surface area (Å²) in [5.41, 5.74) is 1.57. The summed E-state index contributed by atoms with van der Waals surface area (Å²) < 4.78 is 0. The van der Waals surface area contributed by atoms with E-state index in [0.29, 0.717) is 19.1 Å². The topological polar surface area (TPSA) is 73.5 Å². The van der Waals surface area contributed by atoms with Gasteiger partial charge in [-0.25, -0.2) is 9.59 Å². The molecule has 1 heterocycles. The molecule has 3 N–H and O–H groups in total. The van der Waals surface area contributed by atoms with Crippen LogP contribution in [0.25, 0.3) is 0 Å². The summed E-state index contributed by atoms with van der Waals surface area (Å²) in [4.78, 5) is 25.3. The van der Waals surface area contributed by atoms with Gasteiger partial charge in [-0.15, -0.1) is 0 Å². The van der Waals surface area contributed by atoms with Crippen LogP contribution in [0, 0.1) is 0 Å². The van der Waals surface area contributed by atoms with Gasteiger partial charge in [-0.05, 0) is 37.1 Å². The minimum atomic E-state index is -0.154. The summed E-state index contributed by atoms with van der Waals surface area (Å²) in [6.07, 6.45) is 5.79. The van der Waals surface area contributed by atoms with Gasteiger partial charge in [0.1, 0.15) is 0 Å². The fourth-order valence-electron chi connectivity index (χ4n) is 3.04. The fourth-order valence-corrected chi connectivity index (χ4v) is 3.04. The third-order valence-electron chi connectivity index (χ3n) is 4.23. The molecule has 1 saturated carbocycles. The van der Waals surface area contributed by atoms with E-state index in [9.17, 15) is 9.59 Å². The first-order valence-corrected chi connectivity index (χ1v) is 7.95. The predicted octanol–water partition coefficient (Wildman–Crippen LogP) is 2.67. The van der Waals surface area contributed by atoms with E-state index in [1.807, 2.05) is 24.3 Å². The Morgan fingerprint density at radius 1 is 1.14 bits per heavy atom. The van der Waals surface area contributed by atoms with Crippen molar-refractivity contribution >= 4 is 23.4 Å². The van der Waals surface area contributed by atoms with Gasteiger partial charge in [0.25, 0.3) is 0 Å². The van der Waals surface area contributed by atoms with Gasteiger partial charge in [-0.2, -0.15) is 0 Å². The van der Waals surface area contributed by atoms with Crippen LogP contribution in [0.4, 0.5) is 21.0 Å². The number of urea groups is 2. The lowest BCUT2D eigenvalue weighted by Crippen LogP contribution is -2.39. The molecule has 2 aliphatic rings. The molecular weight excluding hydrogens is 280 g/mol. The predicted molar refractivity (Wildman–Crippen MR) is 86.2 cm³/mol. The molecule has 0 radical (unpaired) electrons. The van der Waals surface area contributed by atoms with Crippen molar-refractivity contribution in [2.75, 3.05) is 23.3 Å². The van der Waals surface area contributed by atoms with Crippen LogP contribution in [0.1, 0.15) is 32.1 Å². The van der Waals surface area contributed by atoms with Gasteiger partial charge in [0, 0.05) is 30.5 Å². The van der Waals surface area contributed by atoms with Crippen molar-refractivity contribution in [1.82, 2.24) is 10.6 Å². The molecule has 2 fully saturated rings. The van der Waals surface area contributed by atoms with Gasteiger partial charge in [-0.1, -0.05) is 19.3 Å². The van der Waals surface area contributed by atoms with Gasteiger partial charge < -0.3 is 16.0 Å². The minimum Gasteiger partial charge on any atom is -0.336 e. The standard InChI is InChI=1S/C16H22N4O2/c21-15(18-12-4-2-1-3-5-12)19-13-6-8-14(9-7-13)20-11-10-17-16(20)22/h6-9,12H,1-5,10-11H2,(H,17,22)(H2,18,19,21). The van der Waals surface area contributed by atoms with Crippen molar-refractivity contribution in [3.63, 3.8) is 0 Å². The summed E-state index contributed by atoms with van der Waals surface area (Å²) in [6, 6.07) is 7.40. The number of nitrogens with zero attached hydrogens (tertiary/aromatic N) is 1. The van der Waals surface area contributed by atoms with Gasteiger partial charge in [-0.3, -0.25) is 4.90 Å². The van der Waals surface area contributed by atoms with E-state index in [0.717, 1.165) is 24.2 Å². The molecule has 0 spiro atoms. The summed E-state index contributed by atoms with van der Waals surface area (Å²) >= 11 is 0. The molecule has 1 saturated heterocycles. The highest BCUT2D eigenvalue weighted by atomic mass is 16.2. The summed E-state index contributed by atoms with van der Waals surface area (Å²) in [7, 11) is 0. The molecule has 0 unspecified atom stereocenters. The lowest BCUT2D eigenvalue weighted by atomic mass is 9.96. The van der Waals surface area contributed by atoms with Crippen LogP contribution in [0.3, 0.4) is 0 Å². The van der Waals surface area contributed by atoms with Gasteiger partial charge >= 0.3 is 12.1 Å². The fraction of sp³-hybridized carbons (Fsp3) is 0.500. The Balaban J connectivity index is 1.54. The van der Waals surface area contributed by atoms with E-state index >= 15 is 0 Å². The first kappa shape index (κ1) is 14.7. The lowest BCUT2D eigenvalue weighted by molar-refractivity contribution is 0.244. The molecule has 6 heteroatoms.